The van der Waals surface area contributed by atoms with E-state index in [-0.39, 0.29) is 17.9 Å². The number of aromatic nitrogens is 5. The Kier molecular flexibility index (Phi) is 5.84. The number of hydrogen-bond acceptors (Lipinski definition) is 6. The van der Waals surface area contributed by atoms with Crippen LogP contribution in [0.1, 0.15) is 38.2 Å². The molecule has 8 nitrogen and oxygen atoms in total. The summed E-state index contributed by atoms with van der Waals surface area (Å²) in [6.45, 7) is 4.29. The van der Waals surface area contributed by atoms with Gasteiger partial charge >= 0.3 is 5.97 Å². The van der Waals surface area contributed by atoms with Crippen molar-refractivity contribution >= 4 is 28.3 Å². The fourth-order valence-electron chi connectivity index (χ4n) is 8.20. The van der Waals surface area contributed by atoms with Gasteiger partial charge in [0.05, 0.1) is 18.7 Å². The van der Waals surface area contributed by atoms with E-state index in [1.165, 1.54) is 25.1 Å². The van der Waals surface area contributed by atoms with Crippen LogP contribution in [0.15, 0.2) is 61.1 Å². The first-order chi connectivity index (χ1) is 20.5. The van der Waals surface area contributed by atoms with E-state index >= 15 is 0 Å². The van der Waals surface area contributed by atoms with E-state index in [0.717, 1.165) is 29.6 Å². The predicted octanol–water partition coefficient (Wildman–Crippen LogP) is 6.21. The van der Waals surface area contributed by atoms with Gasteiger partial charge in [0.25, 0.3) is 0 Å². The maximum atomic E-state index is 14.6. The monoisotopic (exact) mass is 564 g/mol. The lowest BCUT2D eigenvalue weighted by Gasteiger charge is -2.61. The van der Waals surface area contributed by atoms with E-state index in [1.54, 1.807) is 4.52 Å². The largest absolute Gasteiger partial charge is 0.466 e. The maximum absolute atomic E-state index is 14.6. The van der Waals surface area contributed by atoms with Crippen LogP contribution >= 0.6 is 0 Å². The first-order valence-electron chi connectivity index (χ1n) is 15.0. The number of nitrogens with zero attached hydrogens (tertiary/aromatic N) is 5. The number of halogens is 1. The lowest BCUT2D eigenvalue weighted by atomic mass is 9.46. The summed E-state index contributed by atoms with van der Waals surface area (Å²) in [5, 5.41) is 9.25. The molecular formula is C33H33FN6O2. The van der Waals surface area contributed by atoms with Crippen molar-refractivity contribution < 1.29 is 13.9 Å². The van der Waals surface area contributed by atoms with Crippen LogP contribution in [-0.2, 0) is 9.53 Å². The van der Waals surface area contributed by atoms with E-state index in [4.69, 9.17) is 14.8 Å². The number of rotatable bonds is 6. The van der Waals surface area contributed by atoms with Gasteiger partial charge in [0.1, 0.15) is 17.0 Å². The minimum atomic E-state index is -0.419. The second-order valence-corrected chi connectivity index (χ2v) is 12.1. The summed E-state index contributed by atoms with van der Waals surface area (Å²) >= 11 is 0. The molecule has 1 N–H and O–H groups in total. The highest BCUT2D eigenvalue weighted by molar-refractivity contribution is 5.94. The molecule has 4 aromatic heterocycles. The average molecular weight is 565 g/mol. The predicted molar refractivity (Wildman–Crippen MR) is 158 cm³/mol. The molecule has 4 aliphatic carbocycles. The van der Waals surface area contributed by atoms with Gasteiger partial charge in [0, 0.05) is 35.1 Å². The number of fused-ring (bicyclic) bond motifs is 4. The number of carbonyl (C=O) groups excluding carboxylic acids is 1. The highest BCUT2D eigenvalue weighted by Gasteiger charge is 2.59. The summed E-state index contributed by atoms with van der Waals surface area (Å²) in [5.74, 6) is 2.44. The third kappa shape index (κ3) is 3.78. The molecule has 0 saturated heterocycles. The molecule has 4 heterocycles. The first kappa shape index (κ1) is 25.4. The van der Waals surface area contributed by atoms with Crippen molar-refractivity contribution in [2.24, 2.45) is 29.6 Å². The summed E-state index contributed by atoms with van der Waals surface area (Å²) < 4.78 is 24.0. The number of anilines is 1. The number of esters is 1. The number of nitrogens with one attached hydrogen (secondary N) is 1. The van der Waals surface area contributed by atoms with Gasteiger partial charge in [0.15, 0.2) is 11.6 Å². The van der Waals surface area contributed by atoms with Crippen LogP contribution in [0.25, 0.3) is 33.6 Å². The SMILES string of the molecule is CCOC(=O)[C@H]1[C@H](Nc2nc(-c3cn(-c4ccccc4C)c4ncc(F)cc34)nn3cccc23)[C@@H]2CC[C@H]1C1CCC12. The minimum Gasteiger partial charge on any atom is -0.466 e. The van der Waals surface area contributed by atoms with E-state index in [0.29, 0.717) is 58.5 Å². The molecule has 0 radical (unpaired) electrons. The lowest BCUT2D eigenvalue weighted by Crippen LogP contribution is -2.62. The number of ether oxygens (including phenoxy) is 1. The smallest absolute Gasteiger partial charge is 0.311 e. The standard InChI is InChI=1S/C33H33FN6O2/c1-3-42-33(41)28-22-12-13-23(21-11-10-20(21)22)29(28)36-31-27-9-6-14-40(27)38-30(37-31)25-17-39(26-8-5-4-7-18(26)2)32-24(25)15-19(34)16-35-32/h4-9,14-17,20-23,28-29H,3,10-13H2,1-2H3,(H,36,37,38)/t20?,21?,22-,23+,28+,29+/m0/s1. The Labute approximate surface area is 242 Å². The van der Waals surface area contributed by atoms with Crippen molar-refractivity contribution in [2.75, 3.05) is 11.9 Å². The van der Waals surface area contributed by atoms with Gasteiger partial charge in [0.2, 0.25) is 0 Å². The Balaban J connectivity index is 1.26. The topological polar surface area (TPSA) is 86.3 Å². The molecule has 9 heteroatoms. The summed E-state index contributed by atoms with van der Waals surface area (Å²) in [6.07, 6.45) is 9.71. The van der Waals surface area contributed by atoms with Crippen molar-refractivity contribution in [3.05, 3.63) is 72.4 Å². The van der Waals surface area contributed by atoms with E-state index < -0.39 is 5.82 Å². The minimum absolute atomic E-state index is 0.0572. The second kappa shape index (κ2) is 9.64. The molecule has 4 aliphatic rings. The molecule has 6 atom stereocenters. The van der Waals surface area contributed by atoms with E-state index in [1.807, 2.05) is 67.2 Å². The highest BCUT2D eigenvalue weighted by Crippen LogP contribution is 2.60. The Morgan fingerprint density at radius 2 is 1.86 bits per heavy atom. The van der Waals surface area contributed by atoms with Gasteiger partial charge in [-0.1, -0.05) is 18.2 Å². The Morgan fingerprint density at radius 1 is 1.07 bits per heavy atom. The molecule has 1 aromatic carbocycles. The van der Waals surface area contributed by atoms with Crippen molar-refractivity contribution in [1.29, 1.82) is 0 Å². The highest BCUT2D eigenvalue weighted by atomic mass is 19.1. The third-order valence-corrected chi connectivity index (χ3v) is 10.1. The summed E-state index contributed by atoms with van der Waals surface area (Å²) in [7, 11) is 0. The van der Waals surface area contributed by atoms with Crippen LogP contribution in [-0.4, -0.2) is 42.8 Å². The van der Waals surface area contributed by atoms with Crippen molar-refractivity contribution in [3.8, 4) is 17.1 Å². The Morgan fingerprint density at radius 3 is 2.67 bits per heavy atom. The van der Waals surface area contributed by atoms with Crippen LogP contribution < -0.4 is 5.32 Å². The molecule has 2 bridgehead atoms. The molecule has 2 unspecified atom stereocenters. The molecule has 0 spiro atoms. The Hall–Kier alpha value is -4.27. The zero-order valence-electron chi connectivity index (χ0n) is 23.7. The molecule has 214 valence electrons. The molecule has 0 amide bonds. The molecule has 42 heavy (non-hydrogen) atoms. The van der Waals surface area contributed by atoms with Crippen molar-refractivity contribution in [3.63, 3.8) is 0 Å². The number of carbonyl (C=O) groups is 1. The number of aryl methyl sites for hydroxylation is 1. The number of hydrogen-bond donors (Lipinski definition) is 1. The average Bonchev–Trinajstić information content (AvgIpc) is 3.58. The van der Waals surface area contributed by atoms with Gasteiger partial charge < -0.3 is 14.6 Å². The van der Waals surface area contributed by atoms with Crippen LogP contribution in [0.5, 0.6) is 0 Å². The van der Waals surface area contributed by atoms with Crippen LogP contribution in [0, 0.1) is 42.3 Å². The van der Waals surface area contributed by atoms with Crippen molar-refractivity contribution in [2.45, 2.75) is 45.6 Å². The molecule has 0 aliphatic heterocycles. The molecular weight excluding hydrogens is 531 g/mol. The third-order valence-electron chi connectivity index (χ3n) is 10.1. The zero-order valence-corrected chi connectivity index (χ0v) is 23.7. The van der Waals surface area contributed by atoms with Crippen LogP contribution in [0.3, 0.4) is 0 Å². The quantitative estimate of drug-likeness (QED) is 0.247. The normalized spacial score (nSPS) is 26.3. The van der Waals surface area contributed by atoms with E-state index in [9.17, 15) is 9.18 Å². The van der Waals surface area contributed by atoms with Crippen LogP contribution in [0.2, 0.25) is 0 Å². The number of pyridine rings is 1. The zero-order chi connectivity index (χ0) is 28.5. The molecule has 4 saturated carbocycles. The molecule has 9 rings (SSSR count). The van der Waals surface area contributed by atoms with Gasteiger partial charge in [-0.2, -0.15) is 0 Å². The first-order valence-corrected chi connectivity index (χ1v) is 15.0. The summed E-state index contributed by atoms with van der Waals surface area (Å²) in [6, 6.07) is 13.4. The van der Waals surface area contributed by atoms with Crippen LogP contribution in [0.4, 0.5) is 10.2 Å². The number of para-hydroxylation sites is 1. The molecule has 4 fully saturated rings. The summed E-state index contributed by atoms with van der Waals surface area (Å²) in [4.78, 5) is 22.9. The molecule has 5 aromatic rings. The van der Waals surface area contributed by atoms with Gasteiger partial charge in [-0.05, 0) is 93.0 Å². The lowest BCUT2D eigenvalue weighted by molar-refractivity contribution is -0.166. The fourth-order valence-corrected chi connectivity index (χ4v) is 8.20. The van der Waals surface area contributed by atoms with Gasteiger partial charge in [-0.15, -0.1) is 5.10 Å². The number of benzene rings is 1. The van der Waals surface area contributed by atoms with E-state index in [2.05, 4.69) is 10.3 Å². The Bertz CT molecular complexity index is 1850. The van der Waals surface area contributed by atoms with Gasteiger partial charge in [-0.25, -0.2) is 18.9 Å². The van der Waals surface area contributed by atoms with Gasteiger partial charge in [-0.3, -0.25) is 4.79 Å². The maximum Gasteiger partial charge on any atom is 0.311 e. The second-order valence-electron chi connectivity index (χ2n) is 12.1. The summed E-state index contributed by atoms with van der Waals surface area (Å²) in [5.41, 5.74) is 4.18. The van der Waals surface area contributed by atoms with Crippen molar-refractivity contribution in [1.82, 2.24) is 24.1 Å². The fraction of sp³-hybridized carbons (Fsp3) is 0.394.